The van der Waals surface area contributed by atoms with Gasteiger partial charge in [0.25, 0.3) is 5.91 Å². The van der Waals surface area contributed by atoms with Gasteiger partial charge in [-0.15, -0.1) is 0 Å². The molecule has 1 fully saturated rings. The molecule has 0 aliphatic carbocycles. The van der Waals surface area contributed by atoms with Crippen molar-refractivity contribution in [3.63, 3.8) is 0 Å². The Morgan fingerprint density at radius 1 is 1.14 bits per heavy atom. The second kappa shape index (κ2) is 9.70. The molecule has 1 N–H and O–H groups in total. The van der Waals surface area contributed by atoms with Crippen molar-refractivity contribution >= 4 is 17.5 Å². The van der Waals surface area contributed by atoms with Crippen LogP contribution in [-0.2, 0) is 17.9 Å². The molecule has 1 aliphatic heterocycles. The number of nitrogens with zero attached hydrogens (tertiary/aromatic N) is 2. The molecule has 2 aromatic carbocycles. The second-order valence-electron chi connectivity index (χ2n) is 7.93. The summed E-state index contributed by atoms with van der Waals surface area (Å²) in [5.41, 5.74) is 3.62. The summed E-state index contributed by atoms with van der Waals surface area (Å²) < 4.78 is 0. The zero-order valence-electron chi connectivity index (χ0n) is 17.6. The van der Waals surface area contributed by atoms with Crippen LogP contribution in [0.25, 0.3) is 0 Å². The van der Waals surface area contributed by atoms with Crippen LogP contribution >= 0.6 is 0 Å². The summed E-state index contributed by atoms with van der Waals surface area (Å²) in [6, 6.07) is 16.0. The molecule has 0 radical (unpaired) electrons. The summed E-state index contributed by atoms with van der Waals surface area (Å²) >= 11 is 0. The van der Waals surface area contributed by atoms with Crippen LogP contribution in [0.3, 0.4) is 0 Å². The van der Waals surface area contributed by atoms with E-state index in [0.717, 1.165) is 37.3 Å². The molecule has 5 heteroatoms. The van der Waals surface area contributed by atoms with E-state index in [0.29, 0.717) is 24.6 Å². The summed E-state index contributed by atoms with van der Waals surface area (Å²) in [5.74, 6) is 0.0841. The Labute approximate surface area is 173 Å². The first-order valence-corrected chi connectivity index (χ1v) is 10.5. The Balaban J connectivity index is 1.61. The maximum Gasteiger partial charge on any atom is 0.255 e. The molecule has 1 heterocycles. The predicted molar refractivity (Wildman–Crippen MR) is 117 cm³/mol. The number of amides is 2. The largest absolute Gasteiger partial charge is 0.338 e. The SMILES string of the molecule is CCN(Cc1ccc(C(=O)Nc2cccc(CN3CCCC3=O)c2)cc1)C(C)C. The molecule has 0 bridgehead atoms. The fraction of sp³-hybridized carbons (Fsp3) is 0.417. The molecule has 0 unspecified atom stereocenters. The van der Waals surface area contributed by atoms with Crippen LogP contribution in [0.5, 0.6) is 0 Å². The van der Waals surface area contributed by atoms with Crippen LogP contribution < -0.4 is 5.32 Å². The van der Waals surface area contributed by atoms with E-state index in [-0.39, 0.29) is 11.8 Å². The third-order valence-corrected chi connectivity index (χ3v) is 5.47. The number of benzene rings is 2. The van der Waals surface area contributed by atoms with Gasteiger partial charge in [-0.3, -0.25) is 14.5 Å². The smallest absolute Gasteiger partial charge is 0.255 e. The lowest BCUT2D eigenvalue weighted by Gasteiger charge is -2.24. The Morgan fingerprint density at radius 2 is 1.90 bits per heavy atom. The first kappa shape index (κ1) is 21.1. The van der Waals surface area contributed by atoms with Crippen molar-refractivity contribution in [3.05, 3.63) is 65.2 Å². The summed E-state index contributed by atoms with van der Waals surface area (Å²) in [7, 11) is 0. The maximum atomic E-state index is 12.6. The standard InChI is InChI=1S/C24H31N3O2/c1-4-26(18(2)3)16-19-10-12-21(13-11-19)24(29)25-22-8-5-7-20(15-22)17-27-14-6-9-23(27)28/h5,7-8,10-13,15,18H,4,6,9,14,16-17H2,1-3H3,(H,25,29). The number of hydrogen-bond donors (Lipinski definition) is 1. The molecule has 0 aromatic heterocycles. The maximum absolute atomic E-state index is 12.6. The van der Waals surface area contributed by atoms with Gasteiger partial charge in [0.05, 0.1) is 0 Å². The Bertz CT molecular complexity index is 845. The number of carbonyl (C=O) groups excluding carboxylic acids is 2. The molecule has 5 nitrogen and oxygen atoms in total. The minimum atomic E-state index is -0.123. The molecule has 3 rings (SSSR count). The summed E-state index contributed by atoms with van der Waals surface area (Å²) in [6.45, 7) is 9.84. The minimum Gasteiger partial charge on any atom is -0.338 e. The van der Waals surface area contributed by atoms with Gasteiger partial charge in [-0.2, -0.15) is 0 Å². The number of likely N-dealkylation sites (tertiary alicyclic amines) is 1. The average Bonchev–Trinajstić information content (AvgIpc) is 3.11. The first-order chi connectivity index (χ1) is 14.0. The normalized spacial score (nSPS) is 14.1. The topological polar surface area (TPSA) is 52.7 Å². The van der Waals surface area contributed by atoms with E-state index < -0.39 is 0 Å². The van der Waals surface area contributed by atoms with Gasteiger partial charge in [-0.25, -0.2) is 0 Å². The van der Waals surface area contributed by atoms with Crippen molar-refractivity contribution in [2.75, 3.05) is 18.4 Å². The van der Waals surface area contributed by atoms with E-state index in [1.54, 1.807) is 0 Å². The lowest BCUT2D eigenvalue weighted by Crippen LogP contribution is -2.29. The summed E-state index contributed by atoms with van der Waals surface area (Å²) in [4.78, 5) is 28.7. The molecular weight excluding hydrogens is 362 g/mol. The monoisotopic (exact) mass is 393 g/mol. The molecule has 1 aliphatic rings. The van der Waals surface area contributed by atoms with Crippen LogP contribution in [0.4, 0.5) is 5.69 Å². The molecule has 0 atom stereocenters. The fourth-order valence-corrected chi connectivity index (χ4v) is 3.70. The number of anilines is 1. The zero-order valence-corrected chi connectivity index (χ0v) is 17.6. The first-order valence-electron chi connectivity index (χ1n) is 10.5. The molecule has 1 saturated heterocycles. The van der Waals surface area contributed by atoms with Gasteiger partial charge in [0.2, 0.25) is 5.91 Å². The number of carbonyl (C=O) groups is 2. The van der Waals surface area contributed by atoms with Gasteiger partial charge in [0.15, 0.2) is 0 Å². The highest BCUT2D eigenvalue weighted by Crippen LogP contribution is 2.18. The van der Waals surface area contributed by atoms with E-state index in [1.165, 1.54) is 5.56 Å². The second-order valence-corrected chi connectivity index (χ2v) is 7.93. The molecule has 2 aromatic rings. The highest BCUT2D eigenvalue weighted by molar-refractivity contribution is 6.04. The average molecular weight is 394 g/mol. The van der Waals surface area contributed by atoms with Gasteiger partial charge in [-0.05, 0) is 62.2 Å². The fourth-order valence-electron chi connectivity index (χ4n) is 3.70. The van der Waals surface area contributed by atoms with Gasteiger partial charge < -0.3 is 10.2 Å². The van der Waals surface area contributed by atoms with Crippen molar-refractivity contribution in [2.45, 2.75) is 52.7 Å². The molecule has 0 saturated carbocycles. The van der Waals surface area contributed by atoms with Crippen LogP contribution in [0.2, 0.25) is 0 Å². The number of nitrogens with one attached hydrogen (secondary N) is 1. The Kier molecular flexibility index (Phi) is 7.04. The van der Waals surface area contributed by atoms with E-state index in [9.17, 15) is 9.59 Å². The van der Waals surface area contributed by atoms with Crippen LogP contribution in [0.1, 0.15) is 55.1 Å². The zero-order chi connectivity index (χ0) is 20.8. The highest BCUT2D eigenvalue weighted by atomic mass is 16.2. The quantitative estimate of drug-likeness (QED) is 0.728. The van der Waals surface area contributed by atoms with Crippen LogP contribution in [0, 0.1) is 0 Å². The number of hydrogen-bond acceptors (Lipinski definition) is 3. The van der Waals surface area contributed by atoms with E-state index in [2.05, 4.69) is 31.0 Å². The van der Waals surface area contributed by atoms with Crippen LogP contribution in [-0.4, -0.2) is 40.7 Å². The van der Waals surface area contributed by atoms with Gasteiger partial charge in [-0.1, -0.05) is 31.2 Å². The van der Waals surface area contributed by atoms with Gasteiger partial charge in [0.1, 0.15) is 0 Å². The van der Waals surface area contributed by atoms with Gasteiger partial charge >= 0.3 is 0 Å². The van der Waals surface area contributed by atoms with Crippen molar-refractivity contribution in [2.24, 2.45) is 0 Å². The third-order valence-electron chi connectivity index (χ3n) is 5.47. The van der Waals surface area contributed by atoms with Crippen LogP contribution in [0.15, 0.2) is 48.5 Å². The van der Waals surface area contributed by atoms with E-state index in [1.807, 2.05) is 53.4 Å². The minimum absolute atomic E-state index is 0.123. The predicted octanol–water partition coefficient (Wildman–Crippen LogP) is 4.29. The Morgan fingerprint density at radius 3 is 2.52 bits per heavy atom. The highest BCUT2D eigenvalue weighted by Gasteiger charge is 2.20. The van der Waals surface area contributed by atoms with Crippen molar-refractivity contribution in [1.29, 1.82) is 0 Å². The number of rotatable bonds is 8. The van der Waals surface area contributed by atoms with E-state index in [4.69, 9.17) is 0 Å². The Hall–Kier alpha value is -2.66. The summed E-state index contributed by atoms with van der Waals surface area (Å²) in [6.07, 6.45) is 1.57. The lowest BCUT2D eigenvalue weighted by molar-refractivity contribution is -0.128. The van der Waals surface area contributed by atoms with Crippen molar-refractivity contribution in [3.8, 4) is 0 Å². The van der Waals surface area contributed by atoms with Crippen molar-refractivity contribution < 1.29 is 9.59 Å². The van der Waals surface area contributed by atoms with Gasteiger partial charge in [0, 0.05) is 43.3 Å². The third kappa shape index (κ3) is 5.67. The summed E-state index contributed by atoms with van der Waals surface area (Å²) in [5, 5.41) is 2.97. The van der Waals surface area contributed by atoms with Crippen molar-refractivity contribution in [1.82, 2.24) is 9.80 Å². The van der Waals surface area contributed by atoms with E-state index >= 15 is 0 Å². The lowest BCUT2D eigenvalue weighted by atomic mass is 10.1. The molecule has 154 valence electrons. The molecular formula is C24H31N3O2. The molecule has 0 spiro atoms. The molecule has 29 heavy (non-hydrogen) atoms. The molecule has 2 amide bonds.